The molecule has 0 spiro atoms. The fourth-order valence-electron chi connectivity index (χ4n) is 3.64. The minimum atomic E-state index is 0.0274. The molecule has 4 nitrogen and oxygen atoms in total. The molecule has 0 fully saturated rings. The van der Waals surface area contributed by atoms with Gasteiger partial charge < -0.3 is 9.47 Å². The van der Waals surface area contributed by atoms with Crippen molar-refractivity contribution in [3.63, 3.8) is 0 Å². The molecule has 0 radical (unpaired) electrons. The minimum Gasteiger partial charge on any atom is -0.496 e. The predicted octanol–water partition coefficient (Wildman–Crippen LogP) is 6.38. The molecule has 3 aromatic carbocycles. The molecule has 0 saturated heterocycles. The molecular formula is C25H23ClN2O2. The first-order valence-corrected chi connectivity index (χ1v) is 10.1. The average Bonchev–Trinajstić information content (AvgIpc) is 3.22. The van der Waals surface area contributed by atoms with Gasteiger partial charge in [0.2, 0.25) is 0 Å². The zero-order chi connectivity index (χ0) is 20.9. The third-order valence-corrected chi connectivity index (χ3v) is 5.37. The van der Waals surface area contributed by atoms with Crippen LogP contribution in [-0.2, 0) is 0 Å². The normalized spacial score (nSPS) is 16.0. The fourth-order valence-corrected chi connectivity index (χ4v) is 3.77. The monoisotopic (exact) mass is 418 g/mol. The summed E-state index contributed by atoms with van der Waals surface area (Å²) in [4.78, 5) is 0. The molecule has 0 aliphatic carbocycles. The van der Waals surface area contributed by atoms with Crippen LogP contribution >= 0.6 is 11.6 Å². The molecular weight excluding hydrogens is 396 g/mol. The lowest BCUT2D eigenvalue weighted by atomic mass is 9.99. The molecule has 0 N–H and O–H groups in total. The molecule has 1 atom stereocenters. The second kappa shape index (κ2) is 9.06. The lowest BCUT2D eigenvalue weighted by Gasteiger charge is -2.25. The highest BCUT2D eigenvalue weighted by atomic mass is 35.5. The van der Waals surface area contributed by atoms with Gasteiger partial charge in [0.05, 0.1) is 31.7 Å². The van der Waals surface area contributed by atoms with E-state index in [9.17, 15) is 0 Å². The molecule has 0 bridgehead atoms. The second-order valence-electron chi connectivity index (χ2n) is 6.95. The lowest BCUT2D eigenvalue weighted by molar-refractivity contribution is 0.405. The van der Waals surface area contributed by atoms with Gasteiger partial charge in [-0.15, -0.1) is 0 Å². The van der Waals surface area contributed by atoms with Gasteiger partial charge in [-0.1, -0.05) is 48.0 Å². The van der Waals surface area contributed by atoms with E-state index in [-0.39, 0.29) is 6.04 Å². The number of anilines is 1. The van der Waals surface area contributed by atoms with Crippen LogP contribution in [0.2, 0.25) is 5.02 Å². The average molecular weight is 419 g/mol. The summed E-state index contributed by atoms with van der Waals surface area (Å²) in [6.07, 6.45) is 4.85. The summed E-state index contributed by atoms with van der Waals surface area (Å²) in [6, 6.07) is 23.8. The highest BCUT2D eigenvalue weighted by Gasteiger charge is 2.30. The molecule has 4 rings (SSSR count). The number of para-hydroxylation sites is 2. The molecule has 0 unspecified atom stereocenters. The van der Waals surface area contributed by atoms with Gasteiger partial charge in [0.15, 0.2) is 0 Å². The van der Waals surface area contributed by atoms with E-state index < -0.39 is 0 Å². The van der Waals surface area contributed by atoms with Crippen LogP contribution < -0.4 is 14.5 Å². The van der Waals surface area contributed by atoms with Crippen molar-refractivity contribution in [3.8, 4) is 11.5 Å². The molecule has 1 aliphatic rings. The predicted molar refractivity (Wildman–Crippen MR) is 124 cm³/mol. The molecule has 1 aliphatic heterocycles. The Balaban J connectivity index is 1.69. The van der Waals surface area contributed by atoms with Crippen molar-refractivity contribution in [1.82, 2.24) is 0 Å². The summed E-state index contributed by atoms with van der Waals surface area (Å²) < 4.78 is 11.1. The van der Waals surface area contributed by atoms with E-state index in [1.807, 2.05) is 77.8 Å². The van der Waals surface area contributed by atoms with Crippen LogP contribution in [0.15, 0.2) is 84.0 Å². The van der Waals surface area contributed by atoms with Gasteiger partial charge >= 0.3 is 0 Å². The molecule has 3 aromatic rings. The fraction of sp³-hybridized carbons (Fsp3) is 0.160. The quantitative estimate of drug-likeness (QED) is 0.466. The number of rotatable bonds is 6. The SMILES string of the molecule is COc1ccccc1/C=C/C1=NN(c2ccc(Cl)cc2)[C@H](c2ccccc2OC)C1. The second-order valence-corrected chi connectivity index (χ2v) is 7.39. The first-order valence-electron chi connectivity index (χ1n) is 9.76. The summed E-state index contributed by atoms with van der Waals surface area (Å²) >= 11 is 6.10. The minimum absolute atomic E-state index is 0.0274. The van der Waals surface area contributed by atoms with Crippen LogP contribution in [0, 0.1) is 0 Å². The van der Waals surface area contributed by atoms with E-state index in [2.05, 4.69) is 12.1 Å². The van der Waals surface area contributed by atoms with Crippen molar-refractivity contribution in [2.24, 2.45) is 5.10 Å². The van der Waals surface area contributed by atoms with E-state index in [4.69, 9.17) is 26.2 Å². The largest absolute Gasteiger partial charge is 0.496 e. The molecule has 0 aromatic heterocycles. The van der Waals surface area contributed by atoms with Crippen LogP contribution in [0.4, 0.5) is 5.69 Å². The van der Waals surface area contributed by atoms with Crippen molar-refractivity contribution >= 4 is 29.1 Å². The van der Waals surface area contributed by atoms with Crippen molar-refractivity contribution in [2.75, 3.05) is 19.2 Å². The van der Waals surface area contributed by atoms with Crippen LogP contribution in [0.25, 0.3) is 6.08 Å². The van der Waals surface area contributed by atoms with Crippen molar-refractivity contribution < 1.29 is 9.47 Å². The maximum absolute atomic E-state index is 6.10. The number of ether oxygens (including phenoxy) is 2. The standard InChI is InChI=1S/C25H23ClN2O2/c1-29-24-9-5-3-7-18(24)11-14-20-17-23(22-8-4-6-10-25(22)30-2)28(27-20)21-15-12-19(26)13-16-21/h3-16,23H,17H2,1-2H3/b14-11+/t23-/m0/s1. The number of methoxy groups -OCH3 is 2. The molecule has 5 heteroatoms. The van der Waals surface area contributed by atoms with E-state index >= 15 is 0 Å². The van der Waals surface area contributed by atoms with E-state index in [1.54, 1.807) is 14.2 Å². The van der Waals surface area contributed by atoms with E-state index in [0.29, 0.717) is 5.02 Å². The third kappa shape index (κ3) is 4.19. The third-order valence-electron chi connectivity index (χ3n) is 5.12. The summed E-state index contributed by atoms with van der Waals surface area (Å²) in [5.41, 5.74) is 4.07. The van der Waals surface area contributed by atoms with Crippen LogP contribution in [0.1, 0.15) is 23.6 Å². The zero-order valence-electron chi connectivity index (χ0n) is 17.0. The number of hydrogen-bond acceptors (Lipinski definition) is 4. The topological polar surface area (TPSA) is 34.1 Å². The van der Waals surface area contributed by atoms with Crippen molar-refractivity contribution in [2.45, 2.75) is 12.5 Å². The van der Waals surface area contributed by atoms with E-state index in [0.717, 1.165) is 40.4 Å². The van der Waals surface area contributed by atoms with Crippen LogP contribution in [-0.4, -0.2) is 19.9 Å². The van der Waals surface area contributed by atoms with Crippen molar-refractivity contribution in [1.29, 1.82) is 0 Å². The van der Waals surface area contributed by atoms with Gasteiger partial charge in [0.1, 0.15) is 11.5 Å². The zero-order valence-corrected chi connectivity index (χ0v) is 17.7. The van der Waals surface area contributed by atoms with Gasteiger partial charge in [-0.2, -0.15) is 5.10 Å². The Kier molecular flexibility index (Phi) is 6.05. The molecule has 1 heterocycles. The van der Waals surface area contributed by atoms with Gasteiger partial charge in [-0.05, 0) is 48.6 Å². The summed E-state index contributed by atoms with van der Waals surface area (Å²) in [5, 5.41) is 7.65. The molecule has 0 amide bonds. The lowest BCUT2D eigenvalue weighted by Crippen LogP contribution is -2.19. The Labute approximate surface area is 182 Å². The van der Waals surface area contributed by atoms with Crippen molar-refractivity contribution in [3.05, 3.63) is 95.0 Å². The number of allylic oxidation sites excluding steroid dienone is 1. The Hall–Kier alpha value is -3.24. The maximum Gasteiger partial charge on any atom is 0.126 e. The van der Waals surface area contributed by atoms with Crippen LogP contribution in [0.5, 0.6) is 11.5 Å². The number of hydrazone groups is 1. The number of hydrogen-bond donors (Lipinski definition) is 0. The van der Waals surface area contributed by atoms with Gasteiger partial charge in [-0.25, -0.2) is 0 Å². The first kappa shape index (κ1) is 20.0. The van der Waals surface area contributed by atoms with Gasteiger partial charge in [-0.3, -0.25) is 5.01 Å². The number of halogens is 1. The summed E-state index contributed by atoms with van der Waals surface area (Å²) in [5.74, 6) is 1.69. The Bertz CT molecular complexity index is 1080. The van der Waals surface area contributed by atoms with Gasteiger partial charge in [0.25, 0.3) is 0 Å². The Morgan fingerprint density at radius 1 is 0.867 bits per heavy atom. The Morgan fingerprint density at radius 3 is 2.27 bits per heavy atom. The number of nitrogens with zero attached hydrogens (tertiary/aromatic N) is 2. The smallest absolute Gasteiger partial charge is 0.126 e. The van der Waals surface area contributed by atoms with Gasteiger partial charge in [0, 0.05) is 22.6 Å². The highest BCUT2D eigenvalue weighted by molar-refractivity contribution is 6.30. The Morgan fingerprint density at radius 2 is 1.53 bits per heavy atom. The molecule has 0 saturated carbocycles. The molecule has 152 valence electrons. The summed E-state index contributed by atoms with van der Waals surface area (Å²) in [7, 11) is 3.38. The highest BCUT2D eigenvalue weighted by Crippen LogP contribution is 2.39. The number of benzene rings is 3. The first-order chi connectivity index (χ1) is 14.7. The van der Waals surface area contributed by atoms with Crippen LogP contribution in [0.3, 0.4) is 0 Å². The summed E-state index contributed by atoms with van der Waals surface area (Å²) in [6.45, 7) is 0. The van der Waals surface area contributed by atoms with E-state index in [1.165, 1.54) is 0 Å². The molecule has 30 heavy (non-hydrogen) atoms. The maximum atomic E-state index is 6.10.